The van der Waals surface area contributed by atoms with Gasteiger partial charge in [0.25, 0.3) is 11.5 Å². The first-order valence-corrected chi connectivity index (χ1v) is 6.72. The molecule has 0 saturated carbocycles. The summed E-state index contributed by atoms with van der Waals surface area (Å²) in [5.74, 6) is -0.268. The molecule has 2 heterocycles. The molecule has 2 aromatic rings. The molecule has 1 aromatic heterocycles. The van der Waals surface area contributed by atoms with E-state index in [2.05, 4.69) is 4.98 Å². The van der Waals surface area contributed by atoms with Crippen LogP contribution in [0.25, 0.3) is 10.8 Å². The van der Waals surface area contributed by atoms with Crippen LogP contribution < -0.4 is 5.56 Å². The molecule has 6 heteroatoms. The predicted octanol–water partition coefficient (Wildman–Crippen LogP) is 1.39. The number of carbonyl (C=O) groups excluding carboxylic acids is 1. The number of hydrogen-bond donors (Lipinski definition) is 2. The molecule has 0 bridgehead atoms. The minimum Gasteiger partial charge on any atom is -0.391 e. The lowest BCUT2D eigenvalue weighted by atomic mass is 10.1. The summed E-state index contributed by atoms with van der Waals surface area (Å²) in [7, 11) is 0. The zero-order chi connectivity index (χ0) is 14.3. The van der Waals surface area contributed by atoms with Crippen molar-refractivity contribution >= 4 is 28.3 Å². The molecule has 1 fully saturated rings. The number of amides is 1. The van der Waals surface area contributed by atoms with Gasteiger partial charge < -0.3 is 15.0 Å². The Morgan fingerprint density at radius 3 is 2.90 bits per heavy atom. The first-order valence-electron chi connectivity index (χ1n) is 6.34. The molecule has 0 unspecified atom stereocenters. The Morgan fingerprint density at radius 1 is 1.40 bits per heavy atom. The number of fused-ring (bicyclic) bond motifs is 1. The first kappa shape index (κ1) is 13.1. The number of aliphatic hydroxyl groups excluding tert-OH is 1. The van der Waals surface area contributed by atoms with E-state index in [1.54, 1.807) is 24.3 Å². The van der Waals surface area contributed by atoms with Crippen LogP contribution in [0.2, 0.25) is 5.02 Å². The zero-order valence-electron chi connectivity index (χ0n) is 10.6. The maximum Gasteiger partial charge on any atom is 0.270 e. The molecule has 1 aliphatic heterocycles. The Bertz CT molecular complexity index is 741. The van der Waals surface area contributed by atoms with Crippen molar-refractivity contribution in [2.24, 2.45) is 0 Å². The van der Waals surface area contributed by atoms with Gasteiger partial charge in [-0.25, -0.2) is 0 Å². The number of aliphatic hydroxyl groups is 1. The number of H-pyrrole nitrogens is 1. The normalized spacial score (nSPS) is 18.7. The molecule has 0 spiro atoms. The molecule has 104 valence electrons. The van der Waals surface area contributed by atoms with Gasteiger partial charge in [-0.15, -0.1) is 0 Å². The number of aromatic nitrogens is 1. The van der Waals surface area contributed by atoms with Crippen molar-refractivity contribution in [1.82, 2.24) is 9.88 Å². The fraction of sp³-hybridized carbons (Fsp3) is 0.286. The van der Waals surface area contributed by atoms with Crippen molar-refractivity contribution in [3.8, 4) is 0 Å². The molecule has 1 aromatic carbocycles. The number of carbonyl (C=O) groups is 1. The number of benzene rings is 1. The van der Waals surface area contributed by atoms with Crippen LogP contribution in [-0.2, 0) is 0 Å². The van der Waals surface area contributed by atoms with Crippen molar-refractivity contribution in [1.29, 1.82) is 0 Å². The van der Waals surface area contributed by atoms with E-state index in [-0.39, 0.29) is 17.2 Å². The topological polar surface area (TPSA) is 73.4 Å². The van der Waals surface area contributed by atoms with Crippen LogP contribution in [0, 0.1) is 0 Å². The predicted molar refractivity (Wildman–Crippen MR) is 76.1 cm³/mol. The lowest BCUT2D eigenvalue weighted by Gasteiger charge is -2.15. The van der Waals surface area contributed by atoms with Crippen LogP contribution in [0.4, 0.5) is 0 Å². The van der Waals surface area contributed by atoms with Crippen molar-refractivity contribution in [2.45, 2.75) is 12.5 Å². The standard InChI is InChI=1S/C14H13ClN2O3/c15-9-2-1-8-5-12(16-13(19)11(8)6-9)14(20)17-4-3-10(18)7-17/h1-2,5-6,10,18H,3-4,7H2,(H,16,19)/t10-/m1/s1. The highest BCUT2D eigenvalue weighted by molar-refractivity contribution is 6.31. The summed E-state index contributed by atoms with van der Waals surface area (Å²) in [5.41, 5.74) is -0.105. The van der Waals surface area contributed by atoms with Crippen molar-refractivity contribution < 1.29 is 9.90 Å². The van der Waals surface area contributed by atoms with E-state index in [1.165, 1.54) is 4.90 Å². The number of likely N-dealkylation sites (tertiary alicyclic amines) is 1. The van der Waals surface area contributed by atoms with Gasteiger partial charge in [0, 0.05) is 23.5 Å². The summed E-state index contributed by atoms with van der Waals surface area (Å²) in [6.07, 6.45) is 0.0871. The monoisotopic (exact) mass is 292 g/mol. The number of halogens is 1. The summed E-state index contributed by atoms with van der Waals surface area (Å²) in [6, 6.07) is 6.60. The fourth-order valence-corrected chi connectivity index (χ4v) is 2.62. The van der Waals surface area contributed by atoms with Crippen LogP contribution in [0.5, 0.6) is 0 Å². The van der Waals surface area contributed by atoms with E-state index < -0.39 is 6.10 Å². The Kier molecular flexibility index (Phi) is 3.23. The van der Waals surface area contributed by atoms with Crippen molar-refractivity contribution in [2.75, 3.05) is 13.1 Å². The molecule has 3 rings (SSSR count). The number of nitrogens with one attached hydrogen (secondary N) is 1. The van der Waals surface area contributed by atoms with Gasteiger partial charge in [0.2, 0.25) is 0 Å². The van der Waals surface area contributed by atoms with Gasteiger partial charge in [-0.05, 0) is 30.0 Å². The van der Waals surface area contributed by atoms with Gasteiger partial charge in [0.15, 0.2) is 0 Å². The maximum absolute atomic E-state index is 12.3. The molecule has 1 amide bonds. The number of pyridine rings is 1. The molecule has 1 saturated heterocycles. The molecular weight excluding hydrogens is 280 g/mol. The van der Waals surface area contributed by atoms with E-state index in [9.17, 15) is 14.7 Å². The second kappa shape index (κ2) is 4.92. The maximum atomic E-state index is 12.3. The average Bonchev–Trinajstić information content (AvgIpc) is 2.85. The fourth-order valence-electron chi connectivity index (χ4n) is 2.44. The SMILES string of the molecule is O=C(c1cc2ccc(Cl)cc2c(=O)[nH]1)N1CC[C@@H](O)C1. The Balaban J connectivity index is 2.02. The highest BCUT2D eigenvalue weighted by Crippen LogP contribution is 2.18. The van der Waals surface area contributed by atoms with Gasteiger partial charge in [-0.1, -0.05) is 17.7 Å². The second-order valence-corrected chi connectivity index (χ2v) is 5.37. The lowest BCUT2D eigenvalue weighted by molar-refractivity contribution is 0.0759. The molecular formula is C14H13ClN2O3. The quantitative estimate of drug-likeness (QED) is 0.834. The van der Waals surface area contributed by atoms with Crippen LogP contribution in [0.3, 0.4) is 0 Å². The molecule has 0 aliphatic carbocycles. The average molecular weight is 293 g/mol. The van der Waals surface area contributed by atoms with E-state index >= 15 is 0 Å². The highest BCUT2D eigenvalue weighted by Gasteiger charge is 2.26. The number of β-amino-alcohol motifs (C(OH)–C–C–N with tert-alkyl or cyclic N) is 1. The summed E-state index contributed by atoms with van der Waals surface area (Å²) < 4.78 is 0. The largest absolute Gasteiger partial charge is 0.391 e. The van der Waals surface area contributed by atoms with Gasteiger partial charge in [-0.2, -0.15) is 0 Å². The van der Waals surface area contributed by atoms with Gasteiger partial charge in [-0.3, -0.25) is 9.59 Å². The van der Waals surface area contributed by atoms with E-state index in [1.807, 2.05) is 0 Å². The summed E-state index contributed by atoms with van der Waals surface area (Å²) in [6.45, 7) is 0.806. The van der Waals surface area contributed by atoms with Crippen molar-refractivity contribution in [3.63, 3.8) is 0 Å². The smallest absolute Gasteiger partial charge is 0.270 e. The molecule has 1 aliphatic rings. The van der Waals surface area contributed by atoms with Gasteiger partial charge >= 0.3 is 0 Å². The zero-order valence-corrected chi connectivity index (χ0v) is 11.4. The molecule has 2 N–H and O–H groups in total. The lowest BCUT2D eigenvalue weighted by Crippen LogP contribution is -2.31. The van der Waals surface area contributed by atoms with E-state index in [0.29, 0.717) is 35.3 Å². The second-order valence-electron chi connectivity index (χ2n) is 4.94. The van der Waals surface area contributed by atoms with Gasteiger partial charge in [0.05, 0.1) is 6.10 Å². The summed E-state index contributed by atoms with van der Waals surface area (Å²) >= 11 is 5.86. The Labute approximate surface area is 119 Å². The van der Waals surface area contributed by atoms with E-state index in [0.717, 1.165) is 0 Å². The third-order valence-corrected chi connectivity index (χ3v) is 3.72. The summed E-state index contributed by atoms with van der Waals surface area (Å²) in [5, 5.41) is 11.1. The van der Waals surface area contributed by atoms with Crippen LogP contribution in [-0.4, -0.2) is 40.1 Å². The van der Waals surface area contributed by atoms with Crippen LogP contribution in [0.15, 0.2) is 29.1 Å². The molecule has 20 heavy (non-hydrogen) atoms. The number of aromatic amines is 1. The Morgan fingerprint density at radius 2 is 2.20 bits per heavy atom. The van der Waals surface area contributed by atoms with Crippen LogP contribution >= 0.6 is 11.6 Å². The van der Waals surface area contributed by atoms with Crippen LogP contribution in [0.1, 0.15) is 16.9 Å². The van der Waals surface area contributed by atoms with Crippen molar-refractivity contribution in [3.05, 3.63) is 45.3 Å². The van der Waals surface area contributed by atoms with Gasteiger partial charge in [0.1, 0.15) is 5.69 Å². The number of nitrogens with zero attached hydrogens (tertiary/aromatic N) is 1. The van der Waals surface area contributed by atoms with E-state index in [4.69, 9.17) is 11.6 Å². The third-order valence-electron chi connectivity index (χ3n) is 3.49. The number of hydrogen-bond acceptors (Lipinski definition) is 3. The Hall–Kier alpha value is -1.85. The highest BCUT2D eigenvalue weighted by atomic mass is 35.5. The molecule has 0 radical (unpaired) electrons. The third kappa shape index (κ3) is 2.30. The minimum absolute atomic E-state index is 0.235. The summed E-state index contributed by atoms with van der Waals surface area (Å²) in [4.78, 5) is 28.4. The molecule has 1 atom stereocenters. The minimum atomic E-state index is -0.482. The molecule has 5 nitrogen and oxygen atoms in total. The first-order chi connectivity index (χ1) is 9.54. The number of rotatable bonds is 1.